The van der Waals surface area contributed by atoms with Crippen LogP contribution in [0.4, 0.5) is 0 Å². The van der Waals surface area contributed by atoms with Crippen LogP contribution in [0.2, 0.25) is 0 Å². The molecule has 2 heterocycles. The second-order valence-corrected chi connectivity index (χ2v) is 4.53. The van der Waals surface area contributed by atoms with Gasteiger partial charge >= 0.3 is 0 Å². The first-order valence-corrected chi connectivity index (χ1v) is 6.04. The van der Waals surface area contributed by atoms with Gasteiger partial charge in [-0.3, -0.25) is 4.68 Å². The molecular formula is C13H17N3O. The summed E-state index contributed by atoms with van der Waals surface area (Å²) >= 11 is 0. The van der Waals surface area contributed by atoms with E-state index in [0.29, 0.717) is 6.04 Å². The summed E-state index contributed by atoms with van der Waals surface area (Å²) in [5, 5.41) is 9.25. The van der Waals surface area contributed by atoms with Gasteiger partial charge in [-0.2, -0.15) is 5.10 Å². The lowest BCUT2D eigenvalue weighted by Crippen LogP contribution is -2.14. The number of nitrogens with zero attached hydrogens (tertiary/aromatic N) is 2. The quantitative estimate of drug-likeness (QED) is 0.857. The Morgan fingerprint density at radius 2 is 2.35 bits per heavy atom. The van der Waals surface area contributed by atoms with Gasteiger partial charge in [-0.15, -0.1) is 0 Å². The van der Waals surface area contributed by atoms with Crippen molar-refractivity contribution >= 4 is 10.9 Å². The molecule has 0 spiro atoms. The Kier molecular flexibility index (Phi) is 2.52. The molecule has 1 unspecified atom stereocenters. The fourth-order valence-corrected chi connectivity index (χ4v) is 2.59. The number of hydrogen-bond acceptors (Lipinski definition) is 3. The second kappa shape index (κ2) is 4.04. The molecule has 17 heavy (non-hydrogen) atoms. The minimum atomic E-state index is 0.447. The predicted octanol–water partition coefficient (Wildman–Crippen LogP) is 1.89. The summed E-state index contributed by atoms with van der Waals surface area (Å²) in [6.07, 6.45) is 1.13. The van der Waals surface area contributed by atoms with Crippen LogP contribution in [0.1, 0.15) is 18.2 Å². The molecule has 1 aliphatic heterocycles. The maximum atomic E-state index is 5.46. The lowest BCUT2D eigenvalue weighted by atomic mass is 10.2. The van der Waals surface area contributed by atoms with E-state index in [1.807, 2.05) is 12.1 Å². The Hall–Kier alpha value is -1.55. The van der Waals surface area contributed by atoms with Crippen LogP contribution in [0, 0.1) is 6.92 Å². The van der Waals surface area contributed by atoms with Crippen molar-refractivity contribution in [2.24, 2.45) is 0 Å². The Balaban J connectivity index is 2.23. The van der Waals surface area contributed by atoms with Gasteiger partial charge in [0, 0.05) is 11.9 Å². The molecule has 1 fully saturated rings. The normalized spacial score (nSPS) is 20.0. The Morgan fingerprint density at radius 3 is 3.06 bits per heavy atom. The molecule has 0 amide bonds. The van der Waals surface area contributed by atoms with Gasteiger partial charge in [0.1, 0.15) is 11.3 Å². The number of fused-ring (bicyclic) bond motifs is 1. The molecule has 1 N–H and O–H groups in total. The van der Waals surface area contributed by atoms with Gasteiger partial charge in [0.15, 0.2) is 0 Å². The summed E-state index contributed by atoms with van der Waals surface area (Å²) in [4.78, 5) is 0. The van der Waals surface area contributed by atoms with E-state index in [4.69, 9.17) is 4.74 Å². The molecule has 1 saturated heterocycles. The van der Waals surface area contributed by atoms with Crippen molar-refractivity contribution < 1.29 is 4.74 Å². The van der Waals surface area contributed by atoms with Crippen LogP contribution < -0.4 is 10.1 Å². The van der Waals surface area contributed by atoms with Crippen molar-refractivity contribution in [3.05, 3.63) is 23.9 Å². The maximum absolute atomic E-state index is 5.46. The van der Waals surface area contributed by atoms with Gasteiger partial charge in [-0.25, -0.2) is 0 Å². The molecule has 3 rings (SSSR count). The SMILES string of the molecule is COc1cccc2c(C)nn(C3CCNC3)c12. The summed E-state index contributed by atoms with van der Waals surface area (Å²) < 4.78 is 7.59. The fourth-order valence-electron chi connectivity index (χ4n) is 2.59. The molecule has 0 radical (unpaired) electrons. The van der Waals surface area contributed by atoms with Crippen LogP contribution in [-0.4, -0.2) is 30.0 Å². The highest BCUT2D eigenvalue weighted by Crippen LogP contribution is 2.31. The number of benzene rings is 1. The zero-order chi connectivity index (χ0) is 11.8. The van der Waals surface area contributed by atoms with Crippen LogP contribution in [-0.2, 0) is 0 Å². The van der Waals surface area contributed by atoms with E-state index in [-0.39, 0.29) is 0 Å². The second-order valence-electron chi connectivity index (χ2n) is 4.53. The third-order valence-electron chi connectivity index (χ3n) is 3.48. The molecule has 0 bridgehead atoms. The molecule has 90 valence electrons. The number of hydrogen-bond donors (Lipinski definition) is 1. The van der Waals surface area contributed by atoms with Gasteiger partial charge in [0.25, 0.3) is 0 Å². The smallest absolute Gasteiger partial charge is 0.144 e. The average Bonchev–Trinajstić information content (AvgIpc) is 2.97. The van der Waals surface area contributed by atoms with Crippen molar-refractivity contribution in [3.8, 4) is 5.75 Å². The summed E-state index contributed by atoms with van der Waals surface area (Å²) in [5.74, 6) is 0.912. The first kappa shape index (κ1) is 10.6. The summed E-state index contributed by atoms with van der Waals surface area (Å²) in [7, 11) is 1.72. The van der Waals surface area contributed by atoms with Crippen LogP contribution in [0.15, 0.2) is 18.2 Å². The van der Waals surface area contributed by atoms with Crippen molar-refractivity contribution in [1.82, 2.24) is 15.1 Å². The minimum Gasteiger partial charge on any atom is -0.494 e. The molecule has 1 aromatic carbocycles. The third-order valence-corrected chi connectivity index (χ3v) is 3.48. The Bertz CT molecular complexity index is 541. The maximum Gasteiger partial charge on any atom is 0.144 e. The monoisotopic (exact) mass is 231 g/mol. The minimum absolute atomic E-state index is 0.447. The van der Waals surface area contributed by atoms with Crippen LogP contribution in [0.25, 0.3) is 10.9 Å². The molecule has 2 aromatic rings. The van der Waals surface area contributed by atoms with Crippen molar-refractivity contribution in [2.45, 2.75) is 19.4 Å². The molecule has 4 heteroatoms. The van der Waals surface area contributed by atoms with Crippen LogP contribution in [0.5, 0.6) is 5.75 Å². The van der Waals surface area contributed by atoms with Gasteiger partial charge in [0.05, 0.1) is 18.8 Å². The van der Waals surface area contributed by atoms with Gasteiger partial charge < -0.3 is 10.1 Å². The molecule has 1 aromatic heterocycles. The molecule has 0 saturated carbocycles. The molecule has 4 nitrogen and oxygen atoms in total. The van der Waals surface area contributed by atoms with E-state index >= 15 is 0 Å². The molecule has 0 aliphatic carbocycles. The number of rotatable bonds is 2. The fraction of sp³-hybridized carbons (Fsp3) is 0.462. The molecule has 1 atom stereocenters. The van der Waals surface area contributed by atoms with Crippen LogP contribution >= 0.6 is 0 Å². The largest absolute Gasteiger partial charge is 0.494 e. The lowest BCUT2D eigenvalue weighted by Gasteiger charge is -2.12. The van der Waals surface area contributed by atoms with E-state index in [0.717, 1.165) is 36.5 Å². The number of nitrogens with one attached hydrogen (secondary N) is 1. The number of aryl methyl sites for hydroxylation is 1. The van der Waals surface area contributed by atoms with Crippen LogP contribution in [0.3, 0.4) is 0 Å². The molecule has 1 aliphatic rings. The highest BCUT2D eigenvalue weighted by atomic mass is 16.5. The number of methoxy groups -OCH3 is 1. The number of ether oxygens (including phenoxy) is 1. The number of para-hydroxylation sites is 1. The summed E-state index contributed by atoms with van der Waals surface area (Å²) in [6.45, 7) is 4.12. The third kappa shape index (κ3) is 1.60. The van der Waals surface area contributed by atoms with E-state index in [1.54, 1.807) is 7.11 Å². The standard InChI is InChI=1S/C13H17N3O/c1-9-11-4-3-5-12(17-2)13(11)16(15-9)10-6-7-14-8-10/h3-5,10,14H,6-8H2,1-2H3. The topological polar surface area (TPSA) is 39.1 Å². The first-order chi connectivity index (χ1) is 8.31. The summed E-state index contributed by atoms with van der Waals surface area (Å²) in [6, 6.07) is 6.58. The highest BCUT2D eigenvalue weighted by Gasteiger charge is 2.22. The average molecular weight is 231 g/mol. The van der Waals surface area contributed by atoms with E-state index in [2.05, 4.69) is 28.1 Å². The zero-order valence-electron chi connectivity index (χ0n) is 10.2. The molecular weight excluding hydrogens is 214 g/mol. The van der Waals surface area contributed by atoms with E-state index in [1.165, 1.54) is 5.39 Å². The predicted molar refractivity (Wildman–Crippen MR) is 67.5 cm³/mol. The van der Waals surface area contributed by atoms with Gasteiger partial charge in [-0.1, -0.05) is 12.1 Å². The van der Waals surface area contributed by atoms with Gasteiger partial charge in [-0.05, 0) is 26.0 Å². The Morgan fingerprint density at radius 1 is 1.47 bits per heavy atom. The zero-order valence-corrected chi connectivity index (χ0v) is 10.2. The van der Waals surface area contributed by atoms with Crippen molar-refractivity contribution in [3.63, 3.8) is 0 Å². The highest BCUT2D eigenvalue weighted by molar-refractivity contribution is 5.87. The van der Waals surface area contributed by atoms with E-state index < -0.39 is 0 Å². The van der Waals surface area contributed by atoms with Crippen molar-refractivity contribution in [1.29, 1.82) is 0 Å². The van der Waals surface area contributed by atoms with Crippen molar-refractivity contribution in [2.75, 3.05) is 20.2 Å². The van der Waals surface area contributed by atoms with Gasteiger partial charge in [0.2, 0.25) is 0 Å². The number of aromatic nitrogens is 2. The first-order valence-electron chi connectivity index (χ1n) is 6.04. The summed E-state index contributed by atoms with van der Waals surface area (Å²) in [5.41, 5.74) is 2.20. The lowest BCUT2D eigenvalue weighted by molar-refractivity contribution is 0.412. The van der Waals surface area contributed by atoms with E-state index in [9.17, 15) is 0 Å². The Labute approximate surface area is 101 Å².